The minimum atomic E-state index is -0.654. The van der Waals surface area contributed by atoms with Crippen molar-refractivity contribution in [1.82, 2.24) is 10.2 Å². The van der Waals surface area contributed by atoms with E-state index in [1.54, 1.807) is 0 Å². The Morgan fingerprint density at radius 1 is 1.28 bits per heavy atom. The molecule has 1 aliphatic rings. The van der Waals surface area contributed by atoms with Gasteiger partial charge in [0.1, 0.15) is 17.7 Å². The van der Waals surface area contributed by atoms with Gasteiger partial charge in [-0.2, -0.15) is 5.26 Å². The van der Waals surface area contributed by atoms with Crippen molar-refractivity contribution < 1.29 is 8.78 Å². The smallest absolute Gasteiger partial charge is 0.131 e. The molecule has 1 atom stereocenters. The van der Waals surface area contributed by atoms with Crippen LogP contribution in [-0.4, -0.2) is 31.1 Å². The molecule has 1 N–H and O–H groups in total. The van der Waals surface area contributed by atoms with E-state index in [1.807, 2.05) is 4.90 Å². The van der Waals surface area contributed by atoms with Crippen molar-refractivity contribution in [3.63, 3.8) is 0 Å². The van der Waals surface area contributed by atoms with Gasteiger partial charge in [0.15, 0.2) is 0 Å². The van der Waals surface area contributed by atoms with Gasteiger partial charge in [-0.1, -0.05) is 6.07 Å². The molecule has 5 heteroatoms. The summed E-state index contributed by atoms with van der Waals surface area (Å²) in [6.45, 7) is 3.11. The molecule has 1 unspecified atom stereocenters. The van der Waals surface area contributed by atoms with E-state index >= 15 is 0 Å². The Balaban J connectivity index is 2.24. The van der Waals surface area contributed by atoms with Gasteiger partial charge in [-0.3, -0.25) is 4.90 Å². The molecule has 0 amide bonds. The van der Waals surface area contributed by atoms with E-state index in [4.69, 9.17) is 0 Å². The Labute approximate surface area is 105 Å². The molecule has 1 fully saturated rings. The van der Waals surface area contributed by atoms with Crippen LogP contribution in [0.5, 0.6) is 0 Å². The first-order valence-electron chi connectivity index (χ1n) is 6.01. The molecule has 0 aliphatic carbocycles. The zero-order valence-corrected chi connectivity index (χ0v) is 10.00. The van der Waals surface area contributed by atoms with Crippen LogP contribution in [0.15, 0.2) is 18.2 Å². The number of nitriles is 1. The van der Waals surface area contributed by atoms with Crippen LogP contribution in [0.3, 0.4) is 0 Å². The van der Waals surface area contributed by atoms with E-state index < -0.39 is 17.7 Å². The molecule has 1 aliphatic heterocycles. The second-order valence-electron chi connectivity index (χ2n) is 4.34. The Hall–Kier alpha value is -1.51. The fourth-order valence-corrected chi connectivity index (χ4v) is 2.20. The van der Waals surface area contributed by atoms with Crippen LogP contribution >= 0.6 is 0 Å². The zero-order chi connectivity index (χ0) is 13.0. The molecular weight excluding hydrogens is 236 g/mol. The zero-order valence-electron chi connectivity index (χ0n) is 10.00. The van der Waals surface area contributed by atoms with Crippen LogP contribution in [-0.2, 0) is 0 Å². The lowest BCUT2D eigenvalue weighted by Crippen LogP contribution is -2.32. The normalized spacial score (nSPS) is 18.9. The van der Waals surface area contributed by atoms with Gasteiger partial charge in [0.25, 0.3) is 0 Å². The van der Waals surface area contributed by atoms with Crippen molar-refractivity contribution in [2.45, 2.75) is 12.5 Å². The Morgan fingerprint density at radius 3 is 2.83 bits per heavy atom. The maximum atomic E-state index is 13.7. The van der Waals surface area contributed by atoms with Gasteiger partial charge < -0.3 is 5.32 Å². The highest BCUT2D eigenvalue weighted by molar-refractivity contribution is 5.26. The van der Waals surface area contributed by atoms with Crippen molar-refractivity contribution in [1.29, 1.82) is 5.26 Å². The molecule has 0 spiro atoms. The van der Waals surface area contributed by atoms with Gasteiger partial charge in [-0.05, 0) is 19.0 Å². The summed E-state index contributed by atoms with van der Waals surface area (Å²) >= 11 is 0. The van der Waals surface area contributed by atoms with Crippen molar-refractivity contribution in [3.05, 3.63) is 35.4 Å². The van der Waals surface area contributed by atoms with Gasteiger partial charge in [-0.15, -0.1) is 0 Å². The Morgan fingerprint density at radius 2 is 2.11 bits per heavy atom. The molecule has 1 aromatic carbocycles. The van der Waals surface area contributed by atoms with Crippen LogP contribution in [0.1, 0.15) is 18.0 Å². The number of hydrogen-bond donors (Lipinski definition) is 1. The van der Waals surface area contributed by atoms with Gasteiger partial charge in [0, 0.05) is 31.3 Å². The first kappa shape index (κ1) is 12.9. The SMILES string of the molecule is N#CC(c1ccc(F)cc1F)N1CCCNCC1. The van der Waals surface area contributed by atoms with Crippen molar-refractivity contribution in [2.75, 3.05) is 26.2 Å². The molecule has 2 rings (SSSR count). The number of nitrogens with zero attached hydrogens (tertiary/aromatic N) is 2. The second-order valence-corrected chi connectivity index (χ2v) is 4.34. The quantitative estimate of drug-likeness (QED) is 0.871. The van der Waals surface area contributed by atoms with E-state index in [-0.39, 0.29) is 5.56 Å². The van der Waals surface area contributed by atoms with E-state index in [0.717, 1.165) is 32.1 Å². The number of benzene rings is 1. The van der Waals surface area contributed by atoms with E-state index in [1.165, 1.54) is 12.1 Å². The van der Waals surface area contributed by atoms with Crippen LogP contribution in [0.2, 0.25) is 0 Å². The van der Waals surface area contributed by atoms with Crippen LogP contribution < -0.4 is 5.32 Å². The van der Waals surface area contributed by atoms with Gasteiger partial charge in [0.05, 0.1) is 6.07 Å². The van der Waals surface area contributed by atoms with E-state index in [0.29, 0.717) is 6.54 Å². The van der Waals surface area contributed by atoms with Crippen LogP contribution in [0, 0.1) is 23.0 Å². The monoisotopic (exact) mass is 251 g/mol. The molecule has 1 aromatic rings. The fraction of sp³-hybridized carbons (Fsp3) is 0.462. The van der Waals surface area contributed by atoms with Crippen molar-refractivity contribution in [3.8, 4) is 6.07 Å². The van der Waals surface area contributed by atoms with Gasteiger partial charge in [0.2, 0.25) is 0 Å². The lowest BCUT2D eigenvalue weighted by atomic mass is 10.1. The van der Waals surface area contributed by atoms with Crippen LogP contribution in [0.4, 0.5) is 8.78 Å². The number of halogens is 2. The largest absolute Gasteiger partial charge is 0.315 e. The molecule has 0 saturated carbocycles. The summed E-state index contributed by atoms with van der Waals surface area (Å²) in [4.78, 5) is 1.93. The van der Waals surface area contributed by atoms with E-state index in [2.05, 4.69) is 11.4 Å². The summed E-state index contributed by atoms with van der Waals surface area (Å²) in [6.07, 6.45) is 0.918. The molecule has 3 nitrogen and oxygen atoms in total. The van der Waals surface area contributed by atoms with Gasteiger partial charge >= 0.3 is 0 Å². The minimum Gasteiger partial charge on any atom is -0.315 e. The highest BCUT2D eigenvalue weighted by atomic mass is 19.1. The van der Waals surface area contributed by atoms with E-state index in [9.17, 15) is 14.0 Å². The maximum absolute atomic E-state index is 13.7. The third kappa shape index (κ3) is 2.84. The summed E-state index contributed by atoms with van der Waals surface area (Å²) in [5, 5.41) is 12.5. The lowest BCUT2D eigenvalue weighted by Gasteiger charge is -2.25. The second kappa shape index (κ2) is 5.89. The summed E-state index contributed by atoms with van der Waals surface area (Å²) in [7, 11) is 0. The molecule has 0 aromatic heterocycles. The first-order valence-corrected chi connectivity index (χ1v) is 6.01. The predicted octanol–water partition coefficient (Wildman–Crippen LogP) is 1.82. The summed E-state index contributed by atoms with van der Waals surface area (Å²) in [6, 6.07) is 4.84. The molecule has 0 bridgehead atoms. The Kier molecular flexibility index (Phi) is 4.24. The average Bonchev–Trinajstić information content (AvgIpc) is 2.62. The fourth-order valence-electron chi connectivity index (χ4n) is 2.20. The molecule has 1 heterocycles. The summed E-state index contributed by atoms with van der Waals surface area (Å²) in [5.41, 5.74) is 0.251. The van der Waals surface area contributed by atoms with Crippen molar-refractivity contribution in [2.24, 2.45) is 0 Å². The number of hydrogen-bond acceptors (Lipinski definition) is 3. The number of rotatable bonds is 2. The summed E-state index contributed by atoms with van der Waals surface area (Å²) < 4.78 is 26.6. The predicted molar refractivity (Wildman–Crippen MR) is 63.8 cm³/mol. The van der Waals surface area contributed by atoms with Crippen LogP contribution in [0.25, 0.3) is 0 Å². The third-order valence-electron chi connectivity index (χ3n) is 3.12. The van der Waals surface area contributed by atoms with Gasteiger partial charge in [-0.25, -0.2) is 8.78 Å². The minimum absolute atomic E-state index is 0.251. The molecule has 96 valence electrons. The maximum Gasteiger partial charge on any atom is 0.131 e. The lowest BCUT2D eigenvalue weighted by molar-refractivity contribution is 0.248. The highest BCUT2D eigenvalue weighted by Crippen LogP contribution is 2.23. The first-order chi connectivity index (χ1) is 8.72. The molecule has 0 radical (unpaired) electrons. The number of nitrogens with one attached hydrogen (secondary N) is 1. The highest BCUT2D eigenvalue weighted by Gasteiger charge is 2.23. The summed E-state index contributed by atoms with van der Waals surface area (Å²) in [5.74, 6) is -1.27. The topological polar surface area (TPSA) is 39.1 Å². The standard InChI is InChI=1S/C13H15F2N3/c14-10-2-3-11(12(15)8-10)13(9-16)18-6-1-4-17-5-7-18/h2-3,8,13,17H,1,4-7H2. The Bertz CT molecular complexity index is 448. The van der Waals surface area contributed by atoms with Crippen molar-refractivity contribution >= 4 is 0 Å². The molecule has 18 heavy (non-hydrogen) atoms. The third-order valence-corrected chi connectivity index (χ3v) is 3.12. The molecular formula is C13H15F2N3. The average molecular weight is 251 g/mol. The molecule has 1 saturated heterocycles.